The smallest absolute Gasteiger partial charge is 0.264 e. The highest BCUT2D eigenvalue weighted by atomic mass is 32.1. The first-order chi connectivity index (χ1) is 16.7. The van der Waals surface area contributed by atoms with Crippen molar-refractivity contribution >= 4 is 43.4 Å². The highest BCUT2D eigenvalue weighted by Gasteiger charge is 2.27. The third-order valence-electron chi connectivity index (χ3n) is 5.53. The summed E-state index contributed by atoms with van der Waals surface area (Å²) in [6.45, 7) is 2.69. The second-order valence-electron chi connectivity index (χ2n) is 7.65. The maximum atomic E-state index is 14.3. The predicted molar refractivity (Wildman–Crippen MR) is 136 cm³/mol. The van der Waals surface area contributed by atoms with Gasteiger partial charge in [0, 0.05) is 12.4 Å². The number of ether oxygens (including phenoxy) is 2. The Morgan fingerprint density at radius 3 is 2.68 bits per heavy atom. The van der Waals surface area contributed by atoms with Gasteiger partial charge in [-0.3, -0.25) is 14.7 Å². The molecule has 2 heterocycles. The minimum Gasteiger partial charge on any atom is -0.494 e. The zero-order valence-electron chi connectivity index (χ0n) is 18.9. The summed E-state index contributed by atoms with van der Waals surface area (Å²) in [6.07, 6.45) is 3.48. The molecule has 34 heavy (non-hydrogen) atoms. The van der Waals surface area contributed by atoms with Crippen LogP contribution in [0.15, 0.2) is 79.1 Å². The molecule has 3 aromatic carbocycles. The number of amides is 1. The fourth-order valence-electron chi connectivity index (χ4n) is 3.98. The number of carbonyl (C=O) groups is 1. The van der Waals surface area contributed by atoms with Gasteiger partial charge in [-0.05, 0) is 47.5 Å². The van der Waals surface area contributed by atoms with E-state index in [9.17, 15) is 4.79 Å². The lowest BCUT2D eigenvalue weighted by atomic mass is 10.0. The molecule has 0 aliphatic heterocycles. The van der Waals surface area contributed by atoms with E-state index in [1.165, 1.54) is 11.3 Å². The van der Waals surface area contributed by atoms with Gasteiger partial charge in [-0.15, -0.1) is 0 Å². The lowest BCUT2D eigenvalue weighted by Crippen LogP contribution is -2.31. The van der Waals surface area contributed by atoms with E-state index < -0.39 is 0 Å². The number of methoxy groups -OCH3 is 1. The summed E-state index contributed by atoms with van der Waals surface area (Å²) in [5.74, 6) is 1.05. The largest absolute Gasteiger partial charge is 0.494 e. The number of aromatic nitrogens is 2. The van der Waals surface area contributed by atoms with Crippen molar-refractivity contribution < 1.29 is 14.3 Å². The Bertz CT molecular complexity index is 1470. The van der Waals surface area contributed by atoms with E-state index in [4.69, 9.17) is 14.5 Å². The van der Waals surface area contributed by atoms with Gasteiger partial charge >= 0.3 is 0 Å². The Labute approximate surface area is 201 Å². The number of hydrogen-bond donors (Lipinski definition) is 0. The van der Waals surface area contributed by atoms with Crippen LogP contribution in [-0.4, -0.2) is 29.6 Å². The van der Waals surface area contributed by atoms with Gasteiger partial charge in [0.2, 0.25) is 0 Å². The van der Waals surface area contributed by atoms with Crippen LogP contribution < -0.4 is 14.4 Å². The Kier molecular flexibility index (Phi) is 6.10. The topological polar surface area (TPSA) is 64.5 Å². The van der Waals surface area contributed by atoms with E-state index in [0.29, 0.717) is 35.3 Å². The summed E-state index contributed by atoms with van der Waals surface area (Å²) in [4.78, 5) is 25.0. The number of nitrogens with zero attached hydrogens (tertiary/aromatic N) is 3. The number of rotatable bonds is 7. The number of anilines is 1. The van der Waals surface area contributed by atoms with E-state index in [0.717, 1.165) is 26.6 Å². The number of para-hydroxylation sites is 1. The molecule has 0 spiro atoms. The Hall–Kier alpha value is -3.97. The Morgan fingerprint density at radius 1 is 1.00 bits per heavy atom. The van der Waals surface area contributed by atoms with Crippen molar-refractivity contribution in [3.63, 3.8) is 0 Å². The van der Waals surface area contributed by atoms with Gasteiger partial charge in [0.05, 0.1) is 30.5 Å². The van der Waals surface area contributed by atoms with Crippen molar-refractivity contribution in [2.75, 3.05) is 18.6 Å². The molecule has 0 saturated carbocycles. The molecule has 7 heteroatoms. The van der Waals surface area contributed by atoms with E-state index in [1.807, 2.05) is 73.7 Å². The normalized spacial score (nSPS) is 11.0. The molecule has 0 radical (unpaired) electrons. The van der Waals surface area contributed by atoms with E-state index in [-0.39, 0.29) is 5.91 Å². The van der Waals surface area contributed by atoms with Crippen LogP contribution in [0.5, 0.6) is 11.5 Å². The molecule has 0 bridgehead atoms. The molecule has 0 atom stereocenters. The quantitative estimate of drug-likeness (QED) is 0.288. The van der Waals surface area contributed by atoms with Crippen LogP contribution in [0.1, 0.15) is 22.8 Å². The maximum absolute atomic E-state index is 14.3. The number of pyridine rings is 1. The van der Waals surface area contributed by atoms with E-state index in [2.05, 4.69) is 4.98 Å². The second-order valence-corrected chi connectivity index (χ2v) is 8.66. The van der Waals surface area contributed by atoms with Gasteiger partial charge in [-0.1, -0.05) is 53.8 Å². The van der Waals surface area contributed by atoms with E-state index in [1.54, 1.807) is 24.4 Å². The number of thiazole rings is 1. The number of benzene rings is 3. The molecule has 1 amide bonds. The molecular weight excluding hydrogens is 446 g/mol. The second kappa shape index (κ2) is 9.49. The summed E-state index contributed by atoms with van der Waals surface area (Å²) in [6, 6.07) is 21.3. The monoisotopic (exact) mass is 469 g/mol. The van der Waals surface area contributed by atoms with Gasteiger partial charge in [-0.2, -0.15) is 0 Å². The molecule has 0 saturated heterocycles. The van der Waals surface area contributed by atoms with Crippen molar-refractivity contribution in [1.82, 2.24) is 9.97 Å². The summed E-state index contributed by atoms with van der Waals surface area (Å²) < 4.78 is 12.4. The molecule has 170 valence electrons. The molecule has 0 fully saturated rings. The maximum Gasteiger partial charge on any atom is 0.264 e. The minimum absolute atomic E-state index is 0.179. The Morgan fingerprint density at radius 2 is 1.88 bits per heavy atom. The third-order valence-corrected chi connectivity index (χ3v) is 6.58. The molecule has 0 aliphatic rings. The highest BCUT2D eigenvalue weighted by Crippen LogP contribution is 2.37. The predicted octanol–water partition coefficient (Wildman–Crippen LogP) is 6.10. The lowest BCUT2D eigenvalue weighted by molar-refractivity contribution is 0.0983. The van der Waals surface area contributed by atoms with Crippen molar-refractivity contribution in [1.29, 1.82) is 0 Å². The highest BCUT2D eigenvalue weighted by molar-refractivity contribution is 7.22. The van der Waals surface area contributed by atoms with Crippen LogP contribution >= 0.6 is 11.3 Å². The van der Waals surface area contributed by atoms with Crippen LogP contribution in [0.4, 0.5) is 5.13 Å². The van der Waals surface area contributed by atoms with Crippen molar-refractivity contribution in [2.24, 2.45) is 0 Å². The van der Waals surface area contributed by atoms with Gasteiger partial charge in [-0.25, -0.2) is 4.98 Å². The first-order valence-corrected chi connectivity index (χ1v) is 11.8. The average molecular weight is 470 g/mol. The summed E-state index contributed by atoms with van der Waals surface area (Å²) >= 11 is 1.45. The summed E-state index contributed by atoms with van der Waals surface area (Å²) in [5.41, 5.74) is 2.16. The standard InChI is InChI=1S/C27H23N3O3S/c1-3-33-21-14-13-19-9-4-5-10-20(19)24(21)26(31)30(17-18-8-7-15-28-16-18)27-29-25-22(32-2)11-6-12-23(25)34-27/h4-16H,3,17H2,1-2H3. The number of carbonyl (C=O) groups excluding carboxylic acids is 1. The summed E-state index contributed by atoms with van der Waals surface area (Å²) in [5, 5.41) is 2.40. The molecule has 0 N–H and O–H groups in total. The average Bonchev–Trinajstić information content (AvgIpc) is 3.32. The molecule has 0 aliphatic carbocycles. The number of hydrogen-bond acceptors (Lipinski definition) is 6. The molecule has 5 aromatic rings. The van der Waals surface area contributed by atoms with Gasteiger partial charge in [0.1, 0.15) is 17.0 Å². The van der Waals surface area contributed by atoms with E-state index >= 15 is 0 Å². The van der Waals surface area contributed by atoms with Crippen LogP contribution in [-0.2, 0) is 6.54 Å². The van der Waals surface area contributed by atoms with Crippen LogP contribution in [0, 0.1) is 0 Å². The first-order valence-electron chi connectivity index (χ1n) is 11.0. The summed E-state index contributed by atoms with van der Waals surface area (Å²) in [7, 11) is 1.62. The molecular formula is C27H23N3O3S. The first kappa shape index (κ1) is 21.9. The molecule has 0 unspecified atom stereocenters. The van der Waals surface area contributed by atoms with Crippen LogP contribution in [0.3, 0.4) is 0 Å². The van der Waals surface area contributed by atoms with Crippen molar-refractivity contribution in [2.45, 2.75) is 13.5 Å². The van der Waals surface area contributed by atoms with Gasteiger partial charge in [0.25, 0.3) is 5.91 Å². The molecule has 6 nitrogen and oxygen atoms in total. The zero-order valence-corrected chi connectivity index (χ0v) is 19.7. The van der Waals surface area contributed by atoms with Crippen molar-refractivity contribution in [3.8, 4) is 11.5 Å². The third kappa shape index (κ3) is 4.06. The van der Waals surface area contributed by atoms with Gasteiger partial charge < -0.3 is 9.47 Å². The lowest BCUT2D eigenvalue weighted by Gasteiger charge is -2.22. The fraction of sp³-hybridized carbons (Fsp3) is 0.148. The minimum atomic E-state index is -0.179. The Balaban J connectivity index is 1.69. The SMILES string of the molecule is CCOc1ccc2ccccc2c1C(=O)N(Cc1cccnc1)c1nc2c(OC)cccc2s1. The zero-order chi connectivity index (χ0) is 23.5. The fourth-order valence-corrected chi connectivity index (χ4v) is 4.96. The van der Waals surface area contributed by atoms with Crippen LogP contribution in [0.25, 0.3) is 21.0 Å². The number of fused-ring (bicyclic) bond motifs is 2. The van der Waals surface area contributed by atoms with Gasteiger partial charge in [0.15, 0.2) is 5.13 Å². The molecule has 5 rings (SSSR count). The van der Waals surface area contributed by atoms with Crippen LogP contribution in [0.2, 0.25) is 0 Å². The van der Waals surface area contributed by atoms with Crippen molar-refractivity contribution in [3.05, 3.63) is 90.3 Å². The molecule has 2 aromatic heterocycles.